The van der Waals surface area contributed by atoms with E-state index in [1.54, 1.807) is 12.1 Å². The van der Waals surface area contributed by atoms with Gasteiger partial charge in [0.15, 0.2) is 15.8 Å². The fraction of sp³-hybridized carbons (Fsp3) is 0.500. The first-order valence-electron chi connectivity index (χ1n) is 6.75. The van der Waals surface area contributed by atoms with Gasteiger partial charge >= 0.3 is 0 Å². The maximum Gasteiger partial charge on any atom is 0.188 e. The highest BCUT2D eigenvalue weighted by atomic mass is 32.2. The number of nitrogens with zero attached hydrogens (tertiary/aromatic N) is 1. The van der Waals surface area contributed by atoms with E-state index in [2.05, 4.69) is 24.2 Å². The minimum Gasteiger partial charge on any atom is -0.370 e. The van der Waals surface area contributed by atoms with E-state index in [1.165, 1.54) is 0 Å². The second-order valence-electron chi connectivity index (χ2n) is 5.52. The van der Waals surface area contributed by atoms with Crippen LogP contribution in [0.15, 0.2) is 34.2 Å². The summed E-state index contributed by atoms with van der Waals surface area (Å²) in [6, 6.07) is 7.15. The molecular formula is C14H21N3O2S. The summed E-state index contributed by atoms with van der Waals surface area (Å²) in [6.45, 7) is 5.29. The molecule has 0 amide bonds. The molecule has 5 nitrogen and oxygen atoms in total. The van der Waals surface area contributed by atoms with E-state index >= 15 is 0 Å². The van der Waals surface area contributed by atoms with Gasteiger partial charge in [-0.15, -0.1) is 0 Å². The highest BCUT2D eigenvalue weighted by molar-refractivity contribution is 7.91. The number of hydrogen-bond acceptors (Lipinski definition) is 3. The van der Waals surface area contributed by atoms with Crippen LogP contribution in [0, 0.1) is 5.92 Å². The van der Waals surface area contributed by atoms with Gasteiger partial charge in [-0.3, -0.25) is 4.99 Å². The lowest BCUT2D eigenvalue weighted by Crippen LogP contribution is -2.35. The quantitative estimate of drug-likeness (QED) is 0.644. The first-order valence-corrected chi connectivity index (χ1v) is 8.41. The van der Waals surface area contributed by atoms with E-state index < -0.39 is 9.84 Å². The maximum atomic E-state index is 12.0. The number of guanidine groups is 1. The molecule has 0 spiro atoms. The lowest BCUT2D eigenvalue weighted by molar-refractivity contribution is 0.596. The highest BCUT2D eigenvalue weighted by Crippen LogP contribution is 2.34. The summed E-state index contributed by atoms with van der Waals surface area (Å²) in [5, 5.41) is 3.02. The van der Waals surface area contributed by atoms with Crippen LogP contribution < -0.4 is 11.1 Å². The smallest absolute Gasteiger partial charge is 0.188 e. The van der Waals surface area contributed by atoms with Gasteiger partial charge in [0.2, 0.25) is 0 Å². The molecule has 110 valence electrons. The van der Waals surface area contributed by atoms with E-state index in [9.17, 15) is 8.42 Å². The van der Waals surface area contributed by atoms with Crippen molar-refractivity contribution >= 4 is 15.8 Å². The molecule has 1 aliphatic rings. The molecule has 0 aromatic heterocycles. The van der Waals surface area contributed by atoms with Crippen molar-refractivity contribution in [1.29, 1.82) is 0 Å². The van der Waals surface area contributed by atoms with Crippen molar-refractivity contribution in [3.8, 4) is 0 Å². The fourth-order valence-electron chi connectivity index (χ4n) is 2.28. The lowest BCUT2D eigenvalue weighted by atomic mass is 10.0. The summed E-state index contributed by atoms with van der Waals surface area (Å²) in [4.78, 5) is 4.66. The van der Waals surface area contributed by atoms with Gasteiger partial charge < -0.3 is 11.1 Å². The average molecular weight is 295 g/mol. The number of benzene rings is 1. The number of aliphatic imine (C=N–C) groups is 1. The van der Waals surface area contributed by atoms with Crippen molar-refractivity contribution in [3.05, 3.63) is 29.8 Å². The molecule has 20 heavy (non-hydrogen) atoms. The largest absolute Gasteiger partial charge is 0.370 e. The monoisotopic (exact) mass is 295 g/mol. The van der Waals surface area contributed by atoms with Crippen molar-refractivity contribution < 1.29 is 8.42 Å². The van der Waals surface area contributed by atoms with Crippen LogP contribution in [0.3, 0.4) is 0 Å². The minimum atomic E-state index is -3.15. The summed E-state index contributed by atoms with van der Waals surface area (Å²) in [5.74, 6) is 0.893. The number of nitrogens with one attached hydrogen (secondary N) is 1. The Kier molecular flexibility index (Phi) is 4.32. The molecule has 1 heterocycles. The Morgan fingerprint density at radius 3 is 2.85 bits per heavy atom. The molecule has 1 aromatic carbocycles. The topological polar surface area (TPSA) is 84.5 Å². The van der Waals surface area contributed by atoms with E-state index in [0.29, 0.717) is 29.9 Å². The average Bonchev–Trinajstić information content (AvgIpc) is 2.66. The first kappa shape index (κ1) is 14.8. The maximum absolute atomic E-state index is 12.0. The Morgan fingerprint density at radius 2 is 2.15 bits per heavy atom. The first-order chi connectivity index (χ1) is 9.40. The Balaban J connectivity index is 2.04. The van der Waals surface area contributed by atoms with Crippen molar-refractivity contribution in [3.63, 3.8) is 0 Å². The van der Waals surface area contributed by atoms with Gasteiger partial charge in [-0.25, -0.2) is 8.42 Å². The van der Waals surface area contributed by atoms with E-state index in [4.69, 9.17) is 5.73 Å². The van der Waals surface area contributed by atoms with Crippen LogP contribution in [0.5, 0.6) is 0 Å². The molecule has 0 bridgehead atoms. The van der Waals surface area contributed by atoms with Gasteiger partial charge in [0, 0.05) is 19.0 Å². The third kappa shape index (κ3) is 3.30. The minimum absolute atomic E-state index is 0.0657. The number of hydrogen-bond donors (Lipinski definition) is 2. The fourth-order valence-corrected chi connectivity index (χ4v) is 4.17. The SMILES string of the molecule is CC(C)CN=C(N)NCC1CS(=O)(=O)c2ccccc21. The van der Waals surface area contributed by atoms with Crippen LogP contribution >= 0.6 is 0 Å². The van der Waals surface area contributed by atoms with Gasteiger partial charge in [-0.2, -0.15) is 0 Å². The Hall–Kier alpha value is -1.56. The van der Waals surface area contributed by atoms with Crippen molar-refractivity contribution in [2.24, 2.45) is 16.6 Å². The molecule has 0 saturated heterocycles. The van der Waals surface area contributed by atoms with Crippen molar-refractivity contribution in [2.45, 2.75) is 24.7 Å². The van der Waals surface area contributed by atoms with E-state index in [0.717, 1.165) is 5.56 Å². The molecule has 0 fully saturated rings. The molecule has 1 atom stereocenters. The van der Waals surface area contributed by atoms with E-state index in [1.807, 2.05) is 12.1 Å². The molecule has 6 heteroatoms. The van der Waals surface area contributed by atoms with Crippen molar-refractivity contribution in [2.75, 3.05) is 18.8 Å². The lowest BCUT2D eigenvalue weighted by Gasteiger charge is -2.12. The molecule has 1 aliphatic heterocycles. The van der Waals surface area contributed by atoms with Crippen molar-refractivity contribution in [1.82, 2.24) is 5.32 Å². The summed E-state index contributed by atoms with van der Waals surface area (Å²) in [5.41, 5.74) is 6.65. The zero-order chi connectivity index (χ0) is 14.8. The normalized spacial score (nSPS) is 20.9. The second-order valence-corrected chi connectivity index (χ2v) is 7.52. The third-order valence-corrected chi connectivity index (χ3v) is 5.15. The van der Waals surface area contributed by atoms with Crippen LogP contribution in [-0.4, -0.2) is 33.2 Å². The van der Waals surface area contributed by atoms with Crippen LogP contribution in [0.1, 0.15) is 25.3 Å². The number of rotatable bonds is 4. The van der Waals surface area contributed by atoms with Crippen LogP contribution in [0.4, 0.5) is 0 Å². The predicted molar refractivity (Wildman–Crippen MR) is 80.6 cm³/mol. The zero-order valence-corrected chi connectivity index (χ0v) is 12.7. The van der Waals surface area contributed by atoms with Crippen LogP contribution in [-0.2, 0) is 9.84 Å². The highest BCUT2D eigenvalue weighted by Gasteiger charge is 2.33. The number of fused-ring (bicyclic) bond motifs is 1. The standard InChI is InChI=1S/C14H21N3O2S/c1-10(2)7-16-14(15)17-8-11-9-20(18,19)13-6-4-3-5-12(11)13/h3-6,10-11H,7-9H2,1-2H3,(H3,15,16,17). The Labute approximate surface area is 120 Å². The predicted octanol–water partition coefficient (Wildman–Crippen LogP) is 1.12. The number of sulfone groups is 1. The molecule has 0 saturated carbocycles. The molecule has 3 N–H and O–H groups in total. The van der Waals surface area contributed by atoms with Crippen LogP contribution in [0.2, 0.25) is 0 Å². The molecular weight excluding hydrogens is 274 g/mol. The van der Waals surface area contributed by atoms with Gasteiger partial charge in [0.05, 0.1) is 10.6 Å². The van der Waals surface area contributed by atoms with Crippen LogP contribution in [0.25, 0.3) is 0 Å². The number of nitrogens with two attached hydrogens (primary N) is 1. The molecule has 1 unspecified atom stereocenters. The summed E-state index contributed by atoms with van der Waals surface area (Å²) >= 11 is 0. The second kappa shape index (κ2) is 5.83. The van der Waals surface area contributed by atoms with Gasteiger partial charge in [-0.1, -0.05) is 32.0 Å². The summed E-state index contributed by atoms with van der Waals surface area (Å²) in [6.07, 6.45) is 0. The summed E-state index contributed by atoms with van der Waals surface area (Å²) < 4.78 is 24.1. The van der Waals surface area contributed by atoms with Gasteiger partial charge in [-0.05, 0) is 17.5 Å². The zero-order valence-electron chi connectivity index (χ0n) is 11.8. The van der Waals surface area contributed by atoms with E-state index in [-0.39, 0.29) is 11.7 Å². The third-order valence-electron chi connectivity index (χ3n) is 3.27. The van der Waals surface area contributed by atoms with Gasteiger partial charge in [0.25, 0.3) is 0 Å². The molecule has 2 rings (SSSR count). The Morgan fingerprint density at radius 1 is 1.45 bits per heavy atom. The summed E-state index contributed by atoms with van der Waals surface area (Å²) in [7, 11) is -3.15. The van der Waals surface area contributed by atoms with Gasteiger partial charge in [0.1, 0.15) is 0 Å². The Bertz CT molecular complexity index is 609. The molecule has 0 aliphatic carbocycles. The molecule has 1 aromatic rings. The molecule has 0 radical (unpaired) electrons.